The smallest absolute Gasteiger partial charge is 0.326 e. The molecule has 0 aliphatic heterocycles. The second kappa shape index (κ2) is 13.3. The van der Waals surface area contributed by atoms with Gasteiger partial charge in [0.05, 0.1) is 6.04 Å². The number of hydrogen-bond donors (Lipinski definition) is 4. The predicted octanol–water partition coefficient (Wildman–Crippen LogP) is 2.39. The molecule has 0 saturated heterocycles. The lowest BCUT2D eigenvalue weighted by atomic mass is 10.0. The summed E-state index contributed by atoms with van der Waals surface area (Å²) >= 11 is 0. The summed E-state index contributed by atoms with van der Waals surface area (Å²) in [6.45, 7) is 5.46. The maximum absolute atomic E-state index is 12.8. The molecule has 0 aliphatic rings. The lowest BCUT2D eigenvalue weighted by molar-refractivity contribution is -0.142. The molecule has 0 radical (unpaired) electrons. The molecule has 0 bridgehead atoms. The van der Waals surface area contributed by atoms with Crippen molar-refractivity contribution in [1.82, 2.24) is 10.2 Å². The first-order chi connectivity index (χ1) is 15.8. The number of likely N-dealkylation sites (N-methyl/N-ethyl adjacent to an activating group) is 1. The van der Waals surface area contributed by atoms with Gasteiger partial charge >= 0.3 is 5.97 Å². The van der Waals surface area contributed by atoms with Crippen molar-refractivity contribution in [3.05, 3.63) is 65.7 Å². The summed E-state index contributed by atoms with van der Waals surface area (Å²) in [7, 11) is 0. The second-order valence-electron chi connectivity index (χ2n) is 7.97. The molecule has 0 spiro atoms. The van der Waals surface area contributed by atoms with E-state index in [1.54, 1.807) is 31.2 Å². The van der Waals surface area contributed by atoms with Gasteiger partial charge in [0.15, 0.2) is 0 Å². The molecule has 0 aliphatic carbocycles. The molecule has 2 rings (SSSR count). The molecule has 2 aromatic carbocycles. The van der Waals surface area contributed by atoms with Gasteiger partial charge in [0.25, 0.3) is 0 Å². The van der Waals surface area contributed by atoms with Gasteiger partial charge < -0.3 is 21.5 Å². The van der Waals surface area contributed by atoms with Crippen LogP contribution in [-0.2, 0) is 27.3 Å². The van der Waals surface area contributed by atoms with E-state index in [4.69, 9.17) is 5.73 Å². The van der Waals surface area contributed by atoms with Gasteiger partial charge in [-0.3, -0.25) is 14.5 Å². The molecule has 2 unspecified atom stereocenters. The van der Waals surface area contributed by atoms with Crippen molar-refractivity contribution in [3.63, 3.8) is 0 Å². The van der Waals surface area contributed by atoms with E-state index in [-0.39, 0.29) is 18.2 Å². The first-order valence-corrected chi connectivity index (χ1v) is 11.2. The maximum atomic E-state index is 12.8. The Morgan fingerprint density at radius 2 is 1.70 bits per heavy atom. The Bertz CT molecular complexity index is 902. The van der Waals surface area contributed by atoms with Gasteiger partial charge in [-0.25, -0.2) is 4.79 Å². The SMILES string of the molecule is CCN(Cc1ccccc1)C(C)C(=O)NC(Cc1ccc(NC(=O)CCCN)cc1)C(=O)O. The average Bonchev–Trinajstić information content (AvgIpc) is 2.82. The number of amides is 2. The van der Waals surface area contributed by atoms with E-state index in [1.807, 2.05) is 42.2 Å². The minimum atomic E-state index is -1.10. The molecule has 2 amide bonds. The Hall–Kier alpha value is -3.23. The molecule has 2 atom stereocenters. The molecule has 0 fully saturated rings. The van der Waals surface area contributed by atoms with Crippen LogP contribution in [0.3, 0.4) is 0 Å². The number of aliphatic carboxylic acids is 1. The van der Waals surface area contributed by atoms with E-state index in [0.717, 1.165) is 11.1 Å². The minimum Gasteiger partial charge on any atom is -0.480 e. The van der Waals surface area contributed by atoms with Gasteiger partial charge in [-0.05, 0) is 49.7 Å². The fourth-order valence-electron chi connectivity index (χ4n) is 3.44. The third-order valence-corrected chi connectivity index (χ3v) is 5.46. The fourth-order valence-corrected chi connectivity index (χ4v) is 3.44. The normalized spacial score (nSPS) is 12.7. The van der Waals surface area contributed by atoms with Crippen LogP contribution in [0.5, 0.6) is 0 Å². The number of nitrogens with zero attached hydrogens (tertiary/aromatic N) is 1. The van der Waals surface area contributed by atoms with E-state index < -0.39 is 18.1 Å². The number of rotatable bonds is 13. The van der Waals surface area contributed by atoms with Crippen LogP contribution < -0.4 is 16.4 Å². The quantitative estimate of drug-likeness (QED) is 0.368. The first-order valence-electron chi connectivity index (χ1n) is 11.2. The molecule has 2 aromatic rings. The highest BCUT2D eigenvalue weighted by atomic mass is 16.4. The lowest BCUT2D eigenvalue weighted by Crippen LogP contribution is -2.50. The minimum absolute atomic E-state index is 0.117. The molecule has 0 saturated carbocycles. The molecular weight excluding hydrogens is 420 g/mol. The van der Waals surface area contributed by atoms with Crippen LogP contribution in [0.2, 0.25) is 0 Å². The monoisotopic (exact) mass is 454 g/mol. The van der Waals surface area contributed by atoms with Gasteiger partial charge in [0.2, 0.25) is 11.8 Å². The number of carbonyl (C=O) groups is 3. The Kier molecular flexibility index (Phi) is 10.5. The largest absolute Gasteiger partial charge is 0.480 e. The summed E-state index contributed by atoms with van der Waals surface area (Å²) in [6, 6.07) is 15.2. The molecular formula is C25H34N4O4. The van der Waals surface area contributed by atoms with Crippen LogP contribution in [-0.4, -0.2) is 53.0 Å². The van der Waals surface area contributed by atoms with Crippen molar-refractivity contribution >= 4 is 23.5 Å². The number of carbonyl (C=O) groups excluding carboxylic acids is 2. The summed E-state index contributed by atoms with van der Waals surface area (Å²) in [5, 5.41) is 15.1. The van der Waals surface area contributed by atoms with Gasteiger partial charge in [-0.2, -0.15) is 0 Å². The highest BCUT2D eigenvalue weighted by Gasteiger charge is 2.26. The van der Waals surface area contributed by atoms with E-state index in [0.29, 0.717) is 38.2 Å². The Morgan fingerprint density at radius 3 is 2.27 bits per heavy atom. The van der Waals surface area contributed by atoms with Crippen LogP contribution >= 0.6 is 0 Å². The van der Waals surface area contributed by atoms with Crippen LogP contribution in [0.4, 0.5) is 5.69 Å². The van der Waals surface area contributed by atoms with Gasteiger partial charge in [0, 0.05) is 25.1 Å². The lowest BCUT2D eigenvalue weighted by Gasteiger charge is -2.28. The predicted molar refractivity (Wildman–Crippen MR) is 129 cm³/mol. The zero-order chi connectivity index (χ0) is 24.2. The summed E-state index contributed by atoms with van der Waals surface area (Å²) in [4.78, 5) is 38.4. The van der Waals surface area contributed by atoms with Crippen molar-refractivity contribution in [2.75, 3.05) is 18.4 Å². The number of hydrogen-bond acceptors (Lipinski definition) is 5. The highest BCUT2D eigenvalue weighted by molar-refractivity contribution is 5.90. The second-order valence-corrected chi connectivity index (χ2v) is 7.97. The summed E-state index contributed by atoms with van der Waals surface area (Å²) in [5.74, 6) is -1.54. The van der Waals surface area contributed by atoms with E-state index >= 15 is 0 Å². The zero-order valence-corrected chi connectivity index (χ0v) is 19.3. The van der Waals surface area contributed by atoms with Crippen LogP contribution in [0.25, 0.3) is 0 Å². The molecule has 0 aromatic heterocycles. The average molecular weight is 455 g/mol. The van der Waals surface area contributed by atoms with Gasteiger partial charge in [-0.1, -0.05) is 49.4 Å². The summed E-state index contributed by atoms with van der Waals surface area (Å²) in [5.41, 5.74) is 7.87. The topological polar surface area (TPSA) is 125 Å². The van der Waals surface area contributed by atoms with Crippen molar-refractivity contribution in [2.24, 2.45) is 5.73 Å². The summed E-state index contributed by atoms with van der Waals surface area (Å²) < 4.78 is 0. The molecule has 0 heterocycles. The number of nitrogens with one attached hydrogen (secondary N) is 2. The number of carboxylic acids is 1. The fraction of sp³-hybridized carbons (Fsp3) is 0.400. The van der Waals surface area contributed by atoms with Crippen molar-refractivity contribution in [1.29, 1.82) is 0 Å². The Labute approximate surface area is 195 Å². The third-order valence-electron chi connectivity index (χ3n) is 5.46. The van der Waals surface area contributed by atoms with Crippen LogP contribution in [0.15, 0.2) is 54.6 Å². The van der Waals surface area contributed by atoms with Crippen molar-refractivity contribution in [3.8, 4) is 0 Å². The third kappa shape index (κ3) is 8.67. The zero-order valence-electron chi connectivity index (χ0n) is 19.3. The van der Waals surface area contributed by atoms with E-state index in [2.05, 4.69) is 10.6 Å². The van der Waals surface area contributed by atoms with Crippen molar-refractivity contribution < 1.29 is 19.5 Å². The van der Waals surface area contributed by atoms with E-state index in [9.17, 15) is 19.5 Å². The molecule has 8 heteroatoms. The molecule has 33 heavy (non-hydrogen) atoms. The van der Waals surface area contributed by atoms with E-state index in [1.165, 1.54) is 0 Å². The molecule has 178 valence electrons. The molecule has 5 N–H and O–H groups in total. The van der Waals surface area contributed by atoms with Crippen LogP contribution in [0, 0.1) is 0 Å². The number of carboxylic acid groups (broad SMARTS) is 1. The maximum Gasteiger partial charge on any atom is 0.326 e. The van der Waals surface area contributed by atoms with Crippen molar-refractivity contribution in [2.45, 2.75) is 51.7 Å². The number of benzene rings is 2. The highest BCUT2D eigenvalue weighted by Crippen LogP contribution is 2.13. The Morgan fingerprint density at radius 1 is 1.03 bits per heavy atom. The number of nitrogens with two attached hydrogens (primary N) is 1. The van der Waals surface area contributed by atoms with Gasteiger partial charge in [0.1, 0.15) is 6.04 Å². The first kappa shape index (κ1) is 26.0. The van der Waals surface area contributed by atoms with Crippen LogP contribution in [0.1, 0.15) is 37.8 Å². The molecule has 8 nitrogen and oxygen atoms in total. The Balaban J connectivity index is 1.96. The number of anilines is 1. The standard InChI is InChI=1S/C25H34N4O4/c1-3-29(17-20-8-5-4-6-9-20)18(2)24(31)28-22(25(32)33)16-19-11-13-21(14-12-19)27-23(30)10-7-15-26/h4-6,8-9,11-14,18,22H,3,7,10,15-17,26H2,1-2H3,(H,27,30)(H,28,31)(H,32,33). The summed E-state index contributed by atoms with van der Waals surface area (Å²) in [6.07, 6.45) is 1.10. The van der Waals surface area contributed by atoms with Gasteiger partial charge in [-0.15, -0.1) is 0 Å².